The molecule has 3 aromatic rings. The minimum Gasteiger partial charge on any atom is -0.493 e. The number of aromatic nitrogens is 5. The fourth-order valence-electron chi connectivity index (χ4n) is 5.07. The first-order chi connectivity index (χ1) is 22.1. The molecule has 244 valence electrons. The summed E-state index contributed by atoms with van der Waals surface area (Å²) in [5.41, 5.74) is 1.60. The third kappa shape index (κ3) is 9.99. The molecule has 3 N–H and O–H groups in total. The smallest absolute Gasteiger partial charge is 0.236 e. The number of thioether (sulfide) groups is 1. The predicted molar refractivity (Wildman–Crippen MR) is 176 cm³/mol. The molecule has 2 aromatic heterocycles. The van der Waals surface area contributed by atoms with Crippen molar-refractivity contribution in [2.45, 2.75) is 17.9 Å². The van der Waals surface area contributed by atoms with E-state index in [0.29, 0.717) is 35.3 Å². The average molecular weight is 641 g/mol. The first-order valence-electron chi connectivity index (χ1n) is 15.4. The molecule has 0 bridgehead atoms. The molecule has 0 amide bonds. The van der Waals surface area contributed by atoms with E-state index in [2.05, 4.69) is 45.7 Å². The van der Waals surface area contributed by atoms with Gasteiger partial charge in [-0.3, -0.25) is 15.1 Å². The second-order valence-corrected chi connectivity index (χ2v) is 11.4. The summed E-state index contributed by atoms with van der Waals surface area (Å²) in [6.45, 7) is 10.5. The van der Waals surface area contributed by atoms with Crippen LogP contribution < -0.4 is 25.4 Å². The maximum Gasteiger partial charge on any atom is 0.236 e. The van der Waals surface area contributed by atoms with Crippen molar-refractivity contribution in [3.8, 4) is 22.8 Å². The third-order valence-corrected chi connectivity index (χ3v) is 8.15. The van der Waals surface area contributed by atoms with Gasteiger partial charge in [-0.1, -0.05) is 0 Å². The molecule has 2 saturated heterocycles. The summed E-state index contributed by atoms with van der Waals surface area (Å²) in [7, 11) is 3.23. The van der Waals surface area contributed by atoms with E-state index in [1.165, 1.54) is 11.8 Å². The predicted octanol–water partition coefficient (Wildman–Crippen LogP) is 3.08. The van der Waals surface area contributed by atoms with E-state index in [1.807, 2.05) is 30.5 Å². The Morgan fingerprint density at radius 1 is 0.711 bits per heavy atom. The molecule has 5 rings (SSSR count). The molecule has 14 nitrogen and oxygen atoms in total. The van der Waals surface area contributed by atoms with Crippen LogP contribution in [-0.4, -0.2) is 134 Å². The normalized spacial score (nSPS) is 15.9. The molecular formula is C30H44N10O4S. The number of anilines is 4. The quantitative estimate of drug-likeness (QED) is 0.120. The van der Waals surface area contributed by atoms with E-state index in [1.54, 1.807) is 14.2 Å². The zero-order chi connectivity index (χ0) is 31.3. The maximum atomic E-state index is 5.51. The van der Waals surface area contributed by atoms with Gasteiger partial charge in [0.1, 0.15) is 5.03 Å². The van der Waals surface area contributed by atoms with Gasteiger partial charge in [0.25, 0.3) is 0 Å². The van der Waals surface area contributed by atoms with Crippen LogP contribution in [0.15, 0.2) is 29.3 Å². The van der Waals surface area contributed by atoms with Gasteiger partial charge in [0.15, 0.2) is 11.5 Å². The highest BCUT2D eigenvalue weighted by Gasteiger charge is 2.15. The summed E-state index contributed by atoms with van der Waals surface area (Å²) < 4.78 is 21.8. The van der Waals surface area contributed by atoms with Crippen LogP contribution >= 0.6 is 11.8 Å². The highest BCUT2D eigenvalue weighted by molar-refractivity contribution is 7.98. The van der Waals surface area contributed by atoms with E-state index in [0.717, 1.165) is 108 Å². The van der Waals surface area contributed by atoms with Gasteiger partial charge >= 0.3 is 0 Å². The number of methoxy groups -OCH3 is 2. The third-order valence-electron chi connectivity index (χ3n) is 7.53. The zero-order valence-electron chi connectivity index (χ0n) is 26.4. The second-order valence-electron chi connectivity index (χ2n) is 10.6. The summed E-state index contributed by atoms with van der Waals surface area (Å²) in [5.74, 6) is 3.00. The molecule has 15 heteroatoms. The lowest BCUT2D eigenvalue weighted by atomic mass is 10.1. The van der Waals surface area contributed by atoms with Crippen molar-refractivity contribution in [2.75, 3.05) is 115 Å². The summed E-state index contributed by atoms with van der Waals surface area (Å²) in [6.07, 6.45) is 3.90. The Kier molecular flexibility index (Phi) is 12.6. The summed E-state index contributed by atoms with van der Waals surface area (Å²) >= 11 is 1.53. The minimum absolute atomic E-state index is 0.355. The minimum atomic E-state index is 0.355. The first-order valence-corrected chi connectivity index (χ1v) is 16.6. The molecule has 1 aromatic carbocycles. The van der Waals surface area contributed by atoms with Crippen molar-refractivity contribution in [3.05, 3.63) is 24.3 Å². The maximum absolute atomic E-state index is 5.51. The number of morpholine rings is 2. The van der Waals surface area contributed by atoms with Crippen LogP contribution in [0.3, 0.4) is 0 Å². The van der Waals surface area contributed by atoms with Crippen molar-refractivity contribution in [1.29, 1.82) is 0 Å². The standard InChI is InChI=1S/C30H44N10O4S/c1-41-24-7-6-22(20-25(24)42-2)23-21-26(45-3)34-29(33-23)38-30-36-27(31-8-4-10-39-12-16-43-17-13-39)35-28(37-30)32-9-5-11-40-14-18-44-19-15-40/h6-7,20-21H,4-5,8-19H2,1-3H3,(H3,31,32,33,34,35,36,37,38). The van der Waals surface area contributed by atoms with Crippen molar-refractivity contribution in [2.24, 2.45) is 0 Å². The topological polar surface area (TPSA) is 144 Å². The first kappa shape index (κ1) is 32.9. The van der Waals surface area contributed by atoms with Crippen LogP contribution in [0.25, 0.3) is 11.3 Å². The van der Waals surface area contributed by atoms with Crippen LogP contribution in [0.5, 0.6) is 11.5 Å². The number of nitrogens with one attached hydrogen (secondary N) is 3. The monoisotopic (exact) mass is 640 g/mol. The molecule has 0 radical (unpaired) electrons. The second kappa shape index (κ2) is 17.3. The molecule has 0 aliphatic carbocycles. The van der Waals surface area contributed by atoms with E-state index in [4.69, 9.17) is 23.9 Å². The van der Waals surface area contributed by atoms with Crippen molar-refractivity contribution in [3.63, 3.8) is 0 Å². The van der Waals surface area contributed by atoms with E-state index in [9.17, 15) is 0 Å². The van der Waals surface area contributed by atoms with Gasteiger partial charge in [-0.25, -0.2) is 9.97 Å². The van der Waals surface area contributed by atoms with Crippen molar-refractivity contribution < 1.29 is 18.9 Å². The summed E-state index contributed by atoms with van der Waals surface area (Å²) in [4.78, 5) is 28.3. The Balaban J connectivity index is 1.30. The fourth-order valence-corrected chi connectivity index (χ4v) is 5.48. The van der Waals surface area contributed by atoms with Gasteiger partial charge in [0.2, 0.25) is 23.8 Å². The molecular weight excluding hydrogens is 596 g/mol. The Bertz CT molecular complexity index is 1310. The Hall–Kier alpha value is -3.50. The van der Waals surface area contributed by atoms with Crippen molar-refractivity contribution in [1.82, 2.24) is 34.7 Å². The highest BCUT2D eigenvalue weighted by Crippen LogP contribution is 2.33. The number of nitrogens with zero attached hydrogens (tertiary/aromatic N) is 7. The molecule has 4 heterocycles. The number of rotatable bonds is 16. The molecule has 45 heavy (non-hydrogen) atoms. The van der Waals surface area contributed by atoms with Gasteiger partial charge in [0, 0.05) is 44.8 Å². The number of ether oxygens (including phenoxy) is 4. The summed E-state index contributed by atoms with van der Waals surface area (Å²) in [6, 6.07) is 7.64. The van der Waals surface area contributed by atoms with E-state index in [-0.39, 0.29) is 0 Å². The molecule has 2 aliphatic rings. The summed E-state index contributed by atoms with van der Waals surface area (Å²) in [5, 5.41) is 10.8. The molecule has 2 aliphatic heterocycles. The molecule has 0 unspecified atom stereocenters. The largest absolute Gasteiger partial charge is 0.493 e. The van der Waals surface area contributed by atoms with Crippen LogP contribution in [0, 0.1) is 0 Å². The van der Waals surface area contributed by atoms with E-state index >= 15 is 0 Å². The number of hydrogen-bond donors (Lipinski definition) is 3. The van der Waals surface area contributed by atoms with Crippen LogP contribution in [0.4, 0.5) is 23.8 Å². The lowest BCUT2D eigenvalue weighted by Gasteiger charge is -2.26. The molecule has 0 saturated carbocycles. The van der Waals surface area contributed by atoms with Crippen LogP contribution in [0.2, 0.25) is 0 Å². The molecule has 0 spiro atoms. The van der Waals surface area contributed by atoms with Gasteiger partial charge in [-0.2, -0.15) is 15.0 Å². The van der Waals surface area contributed by atoms with E-state index < -0.39 is 0 Å². The Morgan fingerprint density at radius 2 is 1.27 bits per heavy atom. The zero-order valence-corrected chi connectivity index (χ0v) is 27.2. The lowest BCUT2D eigenvalue weighted by molar-refractivity contribution is 0.0378. The van der Waals surface area contributed by atoms with Crippen LogP contribution in [0.1, 0.15) is 12.8 Å². The van der Waals surface area contributed by atoms with Crippen molar-refractivity contribution >= 4 is 35.6 Å². The van der Waals surface area contributed by atoms with Gasteiger partial charge in [-0.05, 0) is 56.5 Å². The van der Waals surface area contributed by atoms with Gasteiger partial charge < -0.3 is 29.6 Å². The Labute approximate surface area is 269 Å². The number of benzene rings is 1. The average Bonchev–Trinajstić information content (AvgIpc) is 3.09. The SMILES string of the molecule is COc1ccc(-c2cc(SC)nc(Nc3nc(NCCCN4CCOCC4)nc(NCCCN4CCOCC4)n3)n2)cc1OC. The molecule has 0 atom stereocenters. The highest BCUT2D eigenvalue weighted by atomic mass is 32.2. The fraction of sp³-hybridized carbons (Fsp3) is 0.567. The Morgan fingerprint density at radius 3 is 1.82 bits per heavy atom. The van der Waals surface area contributed by atoms with Crippen LogP contribution in [-0.2, 0) is 9.47 Å². The lowest BCUT2D eigenvalue weighted by Crippen LogP contribution is -2.37. The number of hydrogen-bond acceptors (Lipinski definition) is 15. The molecule has 2 fully saturated rings. The van der Waals surface area contributed by atoms with Gasteiger partial charge in [0.05, 0.1) is 46.3 Å². The van der Waals surface area contributed by atoms with Gasteiger partial charge in [-0.15, -0.1) is 11.8 Å².